The molecule has 1 rings (SSSR count). The monoisotopic (exact) mass is 232 g/mol. The molecule has 0 unspecified atom stereocenters. The Morgan fingerprint density at radius 2 is 1.79 bits per heavy atom. The number of benzene rings is 1. The first-order valence-electron chi connectivity index (χ1n) is 3.54. The Morgan fingerprint density at radius 3 is 2.14 bits per heavy atom. The zero-order valence-corrected chi connectivity index (χ0v) is 10.6. The van der Waals surface area contributed by atoms with Gasteiger partial charge < -0.3 is 18.1 Å². The van der Waals surface area contributed by atoms with Gasteiger partial charge >= 0.3 is 58.4 Å². The number of aliphatic hydroxyl groups is 1. The van der Waals surface area contributed by atoms with E-state index < -0.39 is 24.9 Å². The number of hydrogen-bond donors (Lipinski definition) is 1. The maximum absolute atomic E-state index is 12.7. The van der Waals surface area contributed by atoms with Crippen LogP contribution in [0.15, 0.2) is 18.2 Å². The van der Waals surface area contributed by atoms with E-state index in [-0.39, 0.29) is 56.9 Å². The second kappa shape index (κ2) is 5.62. The minimum Gasteiger partial charge on any atom is -0.445 e. The van der Waals surface area contributed by atoms with E-state index in [9.17, 15) is 17.3 Å². The molecular weight excluding hydrogens is 226 g/mol. The summed E-state index contributed by atoms with van der Waals surface area (Å²) in [5, 5.41) is 8.50. The summed E-state index contributed by atoms with van der Waals surface area (Å²) in [7, 11) is 0. The minimum atomic E-state index is -5.17. The van der Waals surface area contributed by atoms with Gasteiger partial charge in [0.2, 0.25) is 0 Å². The van der Waals surface area contributed by atoms with Crippen molar-refractivity contribution >= 4 is 12.4 Å². The van der Waals surface area contributed by atoms with Gasteiger partial charge in [0.1, 0.15) is 5.82 Å². The molecule has 0 radical (unpaired) electrons. The van der Waals surface area contributed by atoms with Gasteiger partial charge in [-0.05, 0) is 0 Å². The molecule has 72 valence electrons. The summed E-state index contributed by atoms with van der Waals surface area (Å²) in [6.07, 6.45) is 0. The second-order valence-electron chi connectivity index (χ2n) is 2.58. The van der Waals surface area contributed by atoms with Gasteiger partial charge in [0.25, 0.3) is 0 Å². The molecule has 0 aliphatic carbocycles. The molecule has 1 nitrogen and oxygen atoms in total. The van der Waals surface area contributed by atoms with Gasteiger partial charge in [-0.2, -0.15) is 0 Å². The second-order valence-corrected chi connectivity index (χ2v) is 2.58. The van der Waals surface area contributed by atoms with E-state index in [0.717, 1.165) is 12.1 Å². The maximum atomic E-state index is 12.7. The van der Waals surface area contributed by atoms with E-state index in [4.69, 9.17) is 5.11 Å². The van der Waals surface area contributed by atoms with E-state index in [0.29, 0.717) is 6.07 Å². The summed E-state index contributed by atoms with van der Waals surface area (Å²) in [6, 6.07) is 2.08. The van der Waals surface area contributed by atoms with Gasteiger partial charge in [-0.1, -0.05) is 18.2 Å². The van der Waals surface area contributed by atoms with Crippen LogP contribution >= 0.6 is 0 Å². The first-order valence-corrected chi connectivity index (χ1v) is 3.54. The van der Waals surface area contributed by atoms with Crippen molar-refractivity contribution < 1.29 is 73.8 Å². The predicted octanol–water partition coefficient (Wildman–Crippen LogP) is -1.62. The summed E-state index contributed by atoms with van der Waals surface area (Å²) in [4.78, 5) is 0. The Hall–Kier alpha value is 0.601. The van der Waals surface area contributed by atoms with Gasteiger partial charge in [0.15, 0.2) is 0 Å². The van der Waals surface area contributed by atoms with E-state index in [1.54, 1.807) is 0 Å². The summed E-state index contributed by atoms with van der Waals surface area (Å²) in [5.74, 6) is -1.03. The van der Waals surface area contributed by atoms with Crippen LogP contribution < -0.4 is 56.8 Å². The molecule has 1 aromatic rings. The first-order chi connectivity index (χ1) is 5.95. The molecule has 0 saturated heterocycles. The molecule has 0 heterocycles. The Labute approximate surface area is 121 Å². The molecule has 7 heteroatoms. The Kier molecular flexibility index (Phi) is 5.86. The van der Waals surface area contributed by atoms with Crippen molar-refractivity contribution in [3.8, 4) is 0 Å². The Balaban J connectivity index is 0.00000169. The zero-order valence-electron chi connectivity index (χ0n) is 7.48. The van der Waals surface area contributed by atoms with Crippen molar-refractivity contribution in [2.24, 2.45) is 0 Å². The smallest absolute Gasteiger partial charge is 0.445 e. The van der Waals surface area contributed by atoms with E-state index >= 15 is 0 Å². The molecule has 0 aliphatic rings. The predicted molar refractivity (Wildman–Crippen MR) is 41.0 cm³/mol. The summed E-state index contributed by atoms with van der Waals surface area (Å²) in [5.41, 5.74) is -1.13. The summed E-state index contributed by atoms with van der Waals surface area (Å²) < 4.78 is 48.8. The van der Waals surface area contributed by atoms with E-state index in [2.05, 4.69) is 0 Å². The third-order valence-electron chi connectivity index (χ3n) is 1.63. The fraction of sp³-hybridized carbons (Fsp3) is 0.143. The molecular formula is C7H6BF4KO. The van der Waals surface area contributed by atoms with Gasteiger partial charge in [-0.3, -0.25) is 0 Å². The third-order valence-corrected chi connectivity index (χ3v) is 1.63. The fourth-order valence-electron chi connectivity index (χ4n) is 0.895. The zero-order chi connectivity index (χ0) is 10.1. The van der Waals surface area contributed by atoms with Gasteiger partial charge in [-0.15, -0.1) is 5.46 Å². The first kappa shape index (κ1) is 14.6. The summed E-state index contributed by atoms with van der Waals surface area (Å²) in [6.45, 7) is -5.77. The van der Waals surface area contributed by atoms with Gasteiger partial charge in [-0.25, -0.2) is 4.39 Å². The standard InChI is InChI=1S/C7H6BF4O.K/c9-7-3-6(8(10,11)12)2-1-5(7)4-13;/h1-3,13H,4H2;/q-1;+1. The Morgan fingerprint density at radius 1 is 1.21 bits per heavy atom. The molecule has 0 saturated carbocycles. The van der Waals surface area contributed by atoms with Gasteiger partial charge in [0.05, 0.1) is 6.61 Å². The van der Waals surface area contributed by atoms with Crippen molar-refractivity contribution in [3.63, 3.8) is 0 Å². The van der Waals surface area contributed by atoms with Crippen LogP contribution in [0.4, 0.5) is 17.3 Å². The molecule has 0 aliphatic heterocycles. The van der Waals surface area contributed by atoms with Crippen LogP contribution in [0.1, 0.15) is 5.56 Å². The number of halogens is 4. The number of aliphatic hydroxyl groups excluding tert-OH is 1. The molecule has 0 bridgehead atoms. The van der Waals surface area contributed by atoms with Crippen LogP contribution in [0.25, 0.3) is 0 Å². The van der Waals surface area contributed by atoms with Crippen molar-refractivity contribution in [3.05, 3.63) is 29.6 Å². The number of hydrogen-bond acceptors (Lipinski definition) is 1. The normalized spacial score (nSPS) is 10.9. The maximum Gasteiger partial charge on any atom is 1.00 e. The average molecular weight is 232 g/mol. The Bertz CT molecular complexity index is 315. The van der Waals surface area contributed by atoms with Crippen molar-refractivity contribution in [1.82, 2.24) is 0 Å². The third kappa shape index (κ3) is 3.63. The van der Waals surface area contributed by atoms with Crippen LogP contribution in [0.5, 0.6) is 0 Å². The molecule has 0 aromatic heterocycles. The summed E-state index contributed by atoms with van der Waals surface area (Å²) >= 11 is 0. The van der Waals surface area contributed by atoms with Gasteiger partial charge in [0, 0.05) is 5.56 Å². The molecule has 1 N–H and O–H groups in total. The van der Waals surface area contributed by atoms with Crippen LogP contribution in [-0.2, 0) is 6.61 Å². The number of rotatable bonds is 2. The van der Waals surface area contributed by atoms with Crippen molar-refractivity contribution in [2.75, 3.05) is 0 Å². The van der Waals surface area contributed by atoms with Crippen molar-refractivity contribution in [2.45, 2.75) is 6.61 Å². The van der Waals surface area contributed by atoms with E-state index in [1.165, 1.54) is 0 Å². The van der Waals surface area contributed by atoms with Crippen LogP contribution in [0.2, 0.25) is 0 Å². The molecule has 1 aromatic carbocycles. The van der Waals surface area contributed by atoms with Crippen LogP contribution in [-0.4, -0.2) is 12.1 Å². The fourth-order valence-corrected chi connectivity index (χ4v) is 0.895. The quantitative estimate of drug-likeness (QED) is 0.480. The van der Waals surface area contributed by atoms with Crippen LogP contribution in [0.3, 0.4) is 0 Å². The topological polar surface area (TPSA) is 20.2 Å². The van der Waals surface area contributed by atoms with E-state index in [1.807, 2.05) is 0 Å². The average Bonchev–Trinajstić information content (AvgIpc) is 2.02. The molecule has 14 heavy (non-hydrogen) atoms. The molecule has 0 atom stereocenters. The largest absolute Gasteiger partial charge is 1.00 e. The van der Waals surface area contributed by atoms with Crippen LogP contribution in [0, 0.1) is 5.82 Å². The molecule has 0 fully saturated rings. The van der Waals surface area contributed by atoms with Crippen molar-refractivity contribution in [1.29, 1.82) is 0 Å². The SMILES string of the molecule is OCc1ccc([B-](F)(F)F)cc1F.[K+]. The molecule has 0 amide bonds. The molecule has 0 spiro atoms. The minimum absolute atomic E-state index is 0.